The fraction of sp³-hybridized carbons (Fsp3) is 0.176. The minimum absolute atomic E-state index is 0.253. The lowest BCUT2D eigenvalue weighted by Crippen LogP contribution is -2.13. The van der Waals surface area contributed by atoms with E-state index >= 15 is 0 Å². The number of aryl methyl sites for hydroxylation is 2. The van der Waals surface area contributed by atoms with E-state index in [4.69, 9.17) is 4.74 Å². The lowest BCUT2D eigenvalue weighted by atomic mass is 10.1. The van der Waals surface area contributed by atoms with E-state index in [1.165, 1.54) is 7.11 Å². The number of benzene rings is 1. The topological polar surface area (TPSA) is 106 Å². The van der Waals surface area contributed by atoms with E-state index in [0.717, 1.165) is 16.9 Å². The minimum Gasteiger partial charge on any atom is -0.465 e. The number of pyridine rings is 1. The summed E-state index contributed by atoms with van der Waals surface area (Å²) in [6.45, 7) is 0.546. The van der Waals surface area contributed by atoms with Gasteiger partial charge in [-0.25, -0.2) is 14.9 Å². The van der Waals surface area contributed by atoms with Crippen LogP contribution in [-0.2, 0) is 17.7 Å². The summed E-state index contributed by atoms with van der Waals surface area (Å²) < 4.78 is 6.56. The van der Waals surface area contributed by atoms with Gasteiger partial charge in [0.25, 0.3) is 5.56 Å². The summed E-state index contributed by atoms with van der Waals surface area (Å²) in [5.74, 6) is 0.303. The first-order valence-electron chi connectivity index (χ1n) is 7.76. The number of rotatable bonds is 4. The highest BCUT2D eigenvalue weighted by molar-refractivity contribution is 5.95. The third-order valence-electron chi connectivity index (χ3n) is 4.06. The van der Waals surface area contributed by atoms with E-state index in [2.05, 4.69) is 20.2 Å². The number of esters is 1. The molecule has 0 aliphatic carbocycles. The van der Waals surface area contributed by atoms with Crippen LogP contribution in [0.3, 0.4) is 0 Å². The Morgan fingerprint density at radius 2 is 2.12 bits per heavy atom. The minimum atomic E-state index is -0.533. The highest BCUT2D eigenvalue weighted by Gasteiger charge is 2.21. The molecule has 0 saturated heterocycles. The fourth-order valence-corrected chi connectivity index (χ4v) is 2.84. The van der Waals surface area contributed by atoms with Crippen LogP contribution in [0, 0.1) is 0 Å². The van der Waals surface area contributed by atoms with Gasteiger partial charge in [-0.15, -0.1) is 0 Å². The van der Waals surface area contributed by atoms with Crippen LogP contribution in [0.15, 0.2) is 41.5 Å². The van der Waals surface area contributed by atoms with Crippen molar-refractivity contribution in [3.05, 3.63) is 58.4 Å². The van der Waals surface area contributed by atoms with Gasteiger partial charge in [-0.1, -0.05) is 12.1 Å². The lowest BCUT2D eigenvalue weighted by molar-refractivity contribution is 0.0600. The number of nitrogens with one attached hydrogen (secondary N) is 2. The maximum Gasteiger partial charge on any atom is 0.341 e. The van der Waals surface area contributed by atoms with Crippen LogP contribution in [0.5, 0.6) is 0 Å². The molecule has 4 rings (SSSR count). The van der Waals surface area contributed by atoms with Crippen molar-refractivity contribution in [2.45, 2.75) is 13.0 Å². The van der Waals surface area contributed by atoms with Crippen LogP contribution in [0.1, 0.15) is 16.2 Å². The van der Waals surface area contributed by atoms with Crippen molar-refractivity contribution in [1.82, 2.24) is 24.7 Å². The van der Waals surface area contributed by atoms with Crippen molar-refractivity contribution in [1.29, 1.82) is 0 Å². The fourth-order valence-electron chi connectivity index (χ4n) is 2.84. The number of methoxy groups -OCH3 is 1. The first-order valence-corrected chi connectivity index (χ1v) is 7.76. The Balaban J connectivity index is 1.66. The summed E-state index contributed by atoms with van der Waals surface area (Å²) in [7, 11) is 1.30. The van der Waals surface area contributed by atoms with Crippen molar-refractivity contribution < 1.29 is 9.53 Å². The Morgan fingerprint density at radius 1 is 1.28 bits per heavy atom. The first kappa shape index (κ1) is 15.1. The van der Waals surface area contributed by atoms with E-state index in [0.29, 0.717) is 24.2 Å². The predicted octanol–water partition coefficient (Wildman–Crippen LogP) is 1.58. The predicted molar refractivity (Wildman–Crippen MR) is 90.6 cm³/mol. The van der Waals surface area contributed by atoms with Crippen LogP contribution in [0.4, 0.5) is 0 Å². The molecular formula is C17H15N5O3. The molecule has 3 heterocycles. The molecule has 2 aliphatic rings. The van der Waals surface area contributed by atoms with Crippen LogP contribution in [0.25, 0.3) is 22.3 Å². The van der Waals surface area contributed by atoms with Crippen molar-refractivity contribution in [2.75, 3.05) is 7.11 Å². The summed E-state index contributed by atoms with van der Waals surface area (Å²) in [6.07, 6.45) is 3.94. The van der Waals surface area contributed by atoms with Gasteiger partial charge in [-0.2, -0.15) is 5.10 Å². The Morgan fingerprint density at radius 3 is 2.92 bits per heavy atom. The van der Waals surface area contributed by atoms with Gasteiger partial charge in [-0.3, -0.25) is 4.79 Å². The molecular weight excluding hydrogens is 322 g/mol. The third kappa shape index (κ3) is 2.67. The van der Waals surface area contributed by atoms with E-state index in [1.807, 2.05) is 24.3 Å². The number of carbonyl (C=O) groups excluding carboxylic acids is 1. The summed E-state index contributed by atoms with van der Waals surface area (Å²) in [6, 6.07) is 7.80. The Bertz CT molecular complexity index is 1060. The number of hydrogen-bond donors (Lipinski definition) is 2. The first-order chi connectivity index (χ1) is 12.2. The average Bonchev–Trinajstić information content (AvgIpc) is 3.22. The van der Waals surface area contributed by atoms with E-state index in [9.17, 15) is 9.59 Å². The molecule has 0 radical (unpaired) electrons. The van der Waals surface area contributed by atoms with E-state index < -0.39 is 5.97 Å². The third-order valence-corrected chi connectivity index (χ3v) is 4.06. The van der Waals surface area contributed by atoms with Gasteiger partial charge < -0.3 is 14.3 Å². The average molecular weight is 337 g/mol. The van der Waals surface area contributed by atoms with Gasteiger partial charge in [0.05, 0.1) is 23.7 Å². The Hall–Kier alpha value is -3.42. The monoisotopic (exact) mass is 337 g/mol. The van der Waals surface area contributed by atoms with E-state index in [-0.39, 0.29) is 11.1 Å². The maximum atomic E-state index is 12.0. The van der Waals surface area contributed by atoms with Gasteiger partial charge in [0, 0.05) is 25.4 Å². The molecule has 2 aromatic rings. The molecule has 2 N–H and O–H groups in total. The molecule has 0 bridgehead atoms. The van der Waals surface area contributed by atoms with Crippen LogP contribution >= 0.6 is 0 Å². The molecule has 126 valence electrons. The molecule has 1 aromatic carbocycles. The van der Waals surface area contributed by atoms with Crippen molar-refractivity contribution in [2.24, 2.45) is 0 Å². The lowest BCUT2D eigenvalue weighted by Gasteiger charge is -2.11. The Labute approximate surface area is 141 Å². The number of imidazole rings is 1. The molecule has 0 unspecified atom stereocenters. The van der Waals surface area contributed by atoms with Gasteiger partial charge >= 0.3 is 5.97 Å². The van der Waals surface area contributed by atoms with Crippen molar-refractivity contribution >= 4 is 17.0 Å². The maximum absolute atomic E-state index is 12.0. The van der Waals surface area contributed by atoms with Crippen molar-refractivity contribution in [3.63, 3.8) is 0 Å². The standard InChI is InChI=1S/C17H15N5O3/c1-25-17(24)11-9-22(8-10-15(11)20-21-16(10)23)7-6-14-18-12-4-2-3-5-13(12)19-14/h2-5,8-9H,6-7H2,1H3,(H,18,19)(H,21,23). The highest BCUT2D eigenvalue weighted by atomic mass is 16.5. The Kier molecular flexibility index (Phi) is 3.57. The normalized spacial score (nSPS) is 11.2. The second-order valence-electron chi connectivity index (χ2n) is 5.67. The van der Waals surface area contributed by atoms with Gasteiger partial charge in [0.2, 0.25) is 0 Å². The number of hydrogen-bond acceptors (Lipinski definition) is 5. The number of ether oxygens (including phenoxy) is 1. The largest absolute Gasteiger partial charge is 0.465 e. The number of para-hydroxylation sites is 2. The van der Waals surface area contributed by atoms with Crippen LogP contribution in [0.2, 0.25) is 0 Å². The molecule has 25 heavy (non-hydrogen) atoms. The van der Waals surface area contributed by atoms with Gasteiger partial charge in [0.15, 0.2) is 0 Å². The smallest absolute Gasteiger partial charge is 0.341 e. The molecule has 0 fully saturated rings. The second-order valence-corrected chi connectivity index (χ2v) is 5.67. The molecule has 0 saturated carbocycles. The summed E-state index contributed by atoms with van der Waals surface area (Å²) in [4.78, 5) is 31.6. The number of nitrogens with zero attached hydrogens (tertiary/aromatic N) is 3. The summed E-state index contributed by atoms with van der Waals surface area (Å²) in [5, 5.41) is 6.27. The van der Waals surface area contributed by atoms with Crippen LogP contribution in [-0.4, -0.2) is 37.8 Å². The molecule has 1 aromatic heterocycles. The number of aromatic amines is 2. The summed E-state index contributed by atoms with van der Waals surface area (Å²) >= 11 is 0. The highest BCUT2D eigenvalue weighted by Crippen LogP contribution is 2.21. The molecule has 0 spiro atoms. The number of H-pyrrole nitrogens is 2. The van der Waals surface area contributed by atoms with Gasteiger partial charge in [0.1, 0.15) is 17.1 Å². The number of carbonyl (C=O) groups is 1. The quantitative estimate of drug-likeness (QED) is 0.550. The zero-order valence-electron chi connectivity index (χ0n) is 13.4. The molecule has 8 nitrogen and oxygen atoms in total. The second kappa shape index (κ2) is 5.90. The zero-order chi connectivity index (χ0) is 17.4. The van der Waals surface area contributed by atoms with Gasteiger partial charge in [-0.05, 0) is 12.1 Å². The molecule has 8 heteroatoms. The molecule has 0 atom stereocenters. The summed E-state index contributed by atoms with van der Waals surface area (Å²) in [5.41, 5.74) is 2.47. The zero-order valence-corrected chi connectivity index (χ0v) is 13.4. The molecule has 2 aliphatic heterocycles. The SMILES string of the molecule is COC(=O)c1cn(CCc2nc3ccccc3[nH]2)cc2c(=O)[nH]nc1-2. The number of fused-ring (bicyclic) bond motifs is 2. The van der Waals surface area contributed by atoms with E-state index in [1.54, 1.807) is 17.0 Å². The van der Waals surface area contributed by atoms with Crippen LogP contribution < -0.4 is 5.56 Å². The molecule has 0 amide bonds. The number of aromatic nitrogens is 5. The van der Waals surface area contributed by atoms with Crippen molar-refractivity contribution in [3.8, 4) is 11.3 Å².